The number of thioether (sulfide) groups is 1. The standard InChI is InChI=1S/C21H27N3O5S/c1-10(2)14(20(28)29)23-16(25)11(3)22-17(26)15-21(4,5)30-19-13-9-7-6-8-12(13)18(27)24(15)19/h6-11,14-15,19H,1-5H3,(H,22,26)(H,23,25)(H,28,29)/t11-,14-,15-,19+/m0/s1. The molecule has 8 nitrogen and oxygen atoms in total. The average molecular weight is 434 g/mol. The second-order valence-corrected chi connectivity index (χ2v) is 10.3. The van der Waals surface area contributed by atoms with Gasteiger partial charge in [0.1, 0.15) is 23.5 Å². The maximum Gasteiger partial charge on any atom is 0.326 e. The van der Waals surface area contributed by atoms with Crippen molar-refractivity contribution in [3.05, 3.63) is 35.4 Å². The zero-order chi connectivity index (χ0) is 22.4. The number of benzene rings is 1. The molecule has 3 rings (SSSR count). The Bertz CT molecular complexity index is 900. The Morgan fingerprint density at radius 3 is 2.37 bits per heavy atom. The van der Waals surface area contributed by atoms with Gasteiger partial charge in [0.2, 0.25) is 11.8 Å². The fourth-order valence-corrected chi connectivity index (χ4v) is 5.54. The van der Waals surface area contributed by atoms with Crippen LogP contribution in [0.25, 0.3) is 0 Å². The van der Waals surface area contributed by atoms with E-state index in [0.29, 0.717) is 5.56 Å². The molecule has 1 fully saturated rings. The highest BCUT2D eigenvalue weighted by atomic mass is 32.2. The molecular weight excluding hydrogens is 406 g/mol. The van der Waals surface area contributed by atoms with Gasteiger partial charge >= 0.3 is 5.97 Å². The summed E-state index contributed by atoms with van der Waals surface area (Å²) in [7, 11) is 0. The average Bonchev–Trinajstić information content (AvgIpc) is 3.08. The topological polar surface area (TPSA) is 116 Å². The summed E-state index contributed by atoms with van der Waals surface area (Å²) >= 11 is 1.54. The van der Waals surface area contributed by atoms with Crippen LogP contribution in [0.2, 0.25) is 0 Å². The molecule has 4 atom stereocenters. The van der Waals surface area contributed by atoms with Crippen molar-refractivity contribution in [2.24, 2.45) is 5.92 Å². The summed E-state index contributed by atoms with van der Waals surface area (Å²) in [6, 6.07) is 4.57. The van der Waals surface area contributed by atoms with Gasteiger partial charge in [-0.1, -0.05) is 32.0 Å². The van der Waals surface area contributed by atoms with E-state index in [2.05, 4.69) is 10.6 Å². The van der Waals surface area contributed by atoms with E-state index in [1.165, 1.54) is 6.92 Å². The molecule has 1 aromatic rings. The fourth-order valence-electron chi connectivity index (χ4n) is 3.95. The molecule has 0 aromatic heterocycles. The number of carboxylic acid groups (broad SMARTS) is 1. The van der Waals surface area contributed by atoms with Gasteiger partial charge < -0.3 is 20.6 Å². The van der Waals surface area contributed by atoms with Gasteiger partial charge in [0.15, 0.2) is 0 Å². The molecule has 0 bridgehead atoms. The molecule has 30 heavy (non-hydrogen) atoms. The quantitative estimate of drug-likeness (QED) is 0.630. The third-order valence-electron chi connectivity index (χ3n) is 5.53. The normalized spacial score (nSPS) is 23.5. The first-order valence-corrected chi connectivity index (χ1v) is 10.8. The molecule has 1 saturated heterocycles. The number of aliphatic carboxylic acids is 1. The van der Waals surface area contributed by atoms with Crippen LogP contribution in [0.4, 0.5) is 0 Å². The lowest BCUT2D eigenvalue weighted by atomic mass is 10.00. The summed E-state index contributed by atoms with van der Waals surface area (Å²) in [6.45, 7) is 8.69. The Hall–Kier alpha value is -2.55. The molecule has 1 aromatic carbocycles. The van der Waals surface area contributed by atoms with Crippen molar-refractivity contribution in [1.29, 1.82) is 0 Å². The summed E-state index contributed by atoms with van der Waals surface area (Å²) in [5, 5.41) is 14.1. The molecule has 0 saturated carbocycles. The van der Waals surface area contributed by atoms with E-state index in [9.17, 15) is 24.3 Å². The molecule has 3 amide bonds. The van der Waals surface area contributed by atoms with Gasteiger partial charge in [-0.05, 0) is 38.3 Å². The van der Waals surface area contributed by atoms with Crippen molar-refractivity contribution in [3.8, 4) is 0 Å². The third-order valence-corrected chi connectivity index (χ3v) is 7.06. The highest BCUT2D eigenvalue weighted by Gasteiger charge is 2.57. The van der Waals surface area contributed by atoms with Gasteiger partial charge in [0.25, 0.3) is 5.91 Å². The zero-order valence-corrected chi connectivity index (χ0v) is 18.4. The van der Waals surface area contributed by atoms with Crippen LogP contribution in [-0.4, -0.2) is 56.6 Å². The van der Waals surface area contributed by atoms with Crippen LogP contribution in [-0.2, 0) is 14.4 Å². The lowest BCUT2D eigenvalue weighted by Crippen LogP contribution is -2.57. The predicted octanol–water partition coefficient (Wildman–Crippen LogP) is 1.77. The van der Waals surface area contributed by atoms with Crippen molar-refractivity contribution in [3.63, 3.8) is 0 Å². The van der Waals surface area contributed by atoms with E-state index in [1.807, 2.05) is 26.0 Å². The first kappa shape index (κ1) is 22.1. The van der Waals surface area contributed by atoms with Gasteiger partial charge in [-0.25, -0.2) is 4.79 Å². The number of carboxylic acids is 1. The molecule has 0 aliphatic carbocycles. The fraction of sp³-hybridized carbons (Fsp3) is 0.524. The first-order chi connectivity index (χ1) is 14.0. The summed E-state index contributed by atoms with van der Waals surface area (Å²) < 4.78 is -0.560. The van der Waals surface area contributed by atoms with Crippen LogP contribution >= 0.6 is 11.8 Å². The maximum absolute atomic E-state index is 13.2. The van der Waals surface area contributed by atoms with Gasteiger partial charge in [-0.15, -0.1) is 11.8 Å². The Kier molecular flexibility index (Phi) is 5.86. The Morgan fingerprint density at radius 1 is 1.13 bits per heavy atom. The molecule has 0 spiro atoms. The zero-order valence-electron chi connectivity index (χ0n) is 17.6. The predicted molar refractivity (Wildman–Crippen MR) is 113 cm³/mol. The van der Waals surface area contributed by atoms with Crippen LogP contribution in [0.1, 0.15) is 55.9 Å². The second-order valence-electron chi connectivity index (χ2n) is 8.57. The Labute approximate surface area is 179 Å². The van der Waals surface area contributed by atoms with E-state index in [4.69, 9.17) is 0 Å². The molecule has 162 valence electrons. The molecule has 3 N–H and O–H groups in total. The van der Waals surface area contributed by atoms with Crippen LogP contribution < -0.4 is 10.6 Å². The highest BCUT2D eigenvalue weighted by molar-refractivity contribution is 8.01. The smallest absolute Gasteiger partial charge is 0.326 e. The lowest BCUT2D eigenvalue weighted by Gasteiger charge is -2.30. The summed E-state index contributed by atoms with van der Waals surface area (Å²) in [5.74, 6) is -2.65. The summed E-state index contributed by atoms with van der Waals surface area (Å²) in [4.78, 5) is 51.5. The van der Waals surface area contributed by atoms with Crippen molar-refractivity contribution >= 4 is 35.5 Å². The number of carbonyl (C=O) groups excluding carboxylic acids is 3. The molecule has 2 heterocycles. The monoisotopic (exact) mass is 433 g/mol. The van der Waals surface area contributed by atoms with Crippen LogP contribution in [0.5, 0.6) is 0 Å². The number of rotatable bonds is 6. The van der Waals surface area contributed by atoms with Gasteiger partial charge in [0.05, 0.1) is 0 Å². The molecule has 9 heteroatoms. The van der Waals surface area contributed by atoms with E-state index in [-0.39, 0.29) is 17.2 Å². The SMILES string of the molecule is CC(C)[C@H](NC(=O)[C@H](C)NC(=O)[C@@H]1N2C(=O)c3ccccc3[C@H]2SC1(C)C)C(=O)O. The Morgan fingerprint density at radius 2 is 1.77 bits per heavy atom. The molecule has 2 aliphatic heterocycles. The van der Waals surface area contributed by atoms with Gasteiger partial charge in [0, 0.05) is 10.3 Å². The van der Waals surface area contributed by atoms with Crippen LogP contribution in [0, 0.1) is 5.92 Å². The number of hydrogen-bond acceptors (Lipinski definition) is 5. The molecule has 0 radical (unpaired) electrons. The number of carbonyl (C=O) groups is 4. The van der Waals surface area contributed by atoms with Gasteiger partial charge in [-0.2, -0.15) is 0 Å². The second kappa shape index (κ2) is 7.94. The van der Waals surface area contributed by atoms with Gasteiger partial charge in [-0.3, -0.25) is 14.4 Å². The summed E-state index contributed by atoms with van der Waals surface area (Å²) in [6.07, 6.45) is 0. The number of fused-ring (bicyclic) bond motifs is 3. The maximum atomic E-state index is 13.2. The van der Waals surface area contributed by atoms with Crippen molar-refractivity contribution in [2.75, 3.05) is 0 Å². The van der Waals surface area contributed by atoms with Crippen molar-refractivity contribution in [2.45, 2.75) is 62.9 Å². The minimum Gasteiger partial charge on any atom is -0.480 e. The molecule has 2 aliphatic rings. The minimum absolute atomic E-state index is 0.198. The van der Waals surface area contributed by atoms with E-state index in [0.717, 1.165) is 5.56 Å². The van der Waals surface area contributed by atoms with Crippen LogP contribution in [0.3, 0.4) is 0 Å². The lowest BCUT2D eigenvalue weighted by molar-refractivity contribution is -0.143. The number of nitrogens with one attached hydrogen (secondary N) is 2. The largest absolute Gasteiger partial charge is 0.480 e. The molecule has 0 unspecified atom stereocenters. The third kappa shape index (κ3) is 3.78. The number of hydrogen-bond donors (Lipinski definition) is 3. The van der Waals surface area contributed by atoms with Crippen molar-refractivity contribution in [1.82, 2.24) is 15.5 Å². The summed E-state index contributed by atoms with van der Waals surface area (Å²) in [5.41, 5.74) is 1.48. The van der Waals surface area contributed by atoms with Crippen LogP contribution in [0.15, 0.2) is 24.3 Å². The minimum atomic E-state index is -1.13. The Balaban J connectivity index is 1.76. The van der Waals surface area contributed by atoms with Crippen molar-refractivity contribution < 1.29 is 24.3 Å². The number of amides is 3. The molecular formula is C21H27N3O5S. The number of nitrogens with zero attached hydrogens (tertiary/aromatic N) is 1. The van der Waals surface area contributed by atoms with E-state index in [1.54, 1.807) is 42.6 Å². The highest BCUT2D eigenvalue weighted by Crippen LogP contribution is 2.56. The first-order valence-electron chi connectivity index (χ1n) is 9.88. The van der Waals surface area contributed by atoms with E-state index >= 15 is 0 Å². The van der Waals surface area contributed by atoms with E-state index < -0.39 is 40.7 Å².